The number of hydrogen-bond acceptors (Lipinski definition) is 1. The third-order valence-corrected chi connectivity index (χ3v) is 3.94. The molecule has 1 nitrogen and oxygen atoms in total. The lowest BCUT2D eigenvalue weighted by molar-refractivity contribution is 0.204. The molecule has 0 aliphatic heterocycles. The van der Waals surface area contributed by atoms with Gasteiger partial charge in [0.25, 0.3) is 0 Å². The van der Waals surface area contributed by atoms with E-state index < -0.39 is 0 Å². The Balaban J connectivity index is 3.83. The number of aliphatic hydroxyl groups excluding tert-OH is 1. The van der Waals surface area contributed by atoms with Crippen LogP contribution in [0.3, 0.4) is 0 Å². The summed E-state index contributed by atoms with van der Waals surface area (Å²) in [5.74, 6) is 2.83. The van der Waals surface area contributed by atoms with Crippen molar-refractivity contribution in [3.63, 3.8) is 0 Å². The molecule has 0 rings (SSSR count). The molecule has 0 saturated heterocycles. The fourth-order valence-corrected chi connectivity index (χ4v) is 3.10. The molecule has 0 fully saturated rings. The van der Waals surface area contributed by atoms with Crippen LogP contribution in [0.1, 0.15) is 73.6 Å². The fourth-order valence-electron chi connectivity index (χ4n) is 3.10. The quantitative estimate of drug-likeness (QED) is 0.523. The summed E-state index contributed by atoms with van der Waals surface area (Å²) in [6.07, 6.45) is 8.70. The van der Waals surface area contributed by atoms with Gasteiger partial charge in [0.2, 0.25) is 0 Å². The summed E-state index contributed by atoms with van der Waals surface area (Å²) in [6, 6.07) is 0. The summed E-state index contributed by atoms with van der Waals surface area (Å²) in [7, 11) is 0. The van der Waals surface area contributed by atoms with E-state index in [1.165, 1.54) is 31.3 Å². The van der Waals surface area contributed by atoms with Crippen molar-refractivity contribution >= 4 is 0 Å². The molecule has 0 amide bonds. The van der Waals surface area contributed by atoms with E-state index in [0.29, 0.717) is 12.5 Å². The van der Waals surface area contributed by atoms with Gasteiger partial charge in [0.1, 0.15) is 0 Å². The van der Waals surface area contributed by atoms with E-state index >= 15 is 0 Å². The van der Waals surface area contributed by atoms with Crippen LogP contribution in [-0.2, 0) is 0 Å². The Kier molecular flexibility index (Phi) is 10.3. The Morgan fingerprint density at radius 2 is 1.32 bits per heavy atom. The average molecular weight is 268 g/mol. The standard InChI is InChI=1S/C18H36O/c1-14(2)8-7-9-15(3)10-16(4)11-17(5)12-18(6)13-19/h8,15-19H,7,9-13H2,1-6H3/t15-,16+,17-,18+/m0/s1. The third kappa shape index (κ3) is 11.2. The highest BCUT2D eigenvalue weighted by Crippen LogP contribution is 2.25. The van der Waals surface area contributed by atoms with Crippen LogP contribution in [0.25, 0.3) is 0 Å². The molecule has 1 N–H and O–H groups in total. The molecule has 0 saturated carbocycles. The SMILES string of the molecule is CC(C)=CCC[C@H](C)C[C@@H](C)C[C@H](C)C[C@@H](C)CO. The van der Waals surface area contributed by atoms with Crippen LogP contribution in [0, 0.1) is 23.7 Å². The smallest absolute Gasteiger partial charge is 0.0456 e. The zero-order valence-electron chi connectivity index (χ0n) is 14.1. The minimum atomic E-state index is 0.331. The monoisotopic (exact) mass is 268 g/mol. The Bertz CT molecular complexity index is 240. The molecular formula is C18H36O. The highest BCUT2D eigenvalue weighted by molar-refractivity contribution is 4.92. The molecule has 0 heterocycles. The van der Waals surface area contributed by atoms with Gasteiger partial charge >= 0.3 is 0 Å². The van der Waals surface area contributed by atoms with E-state index in [1.807, 2.05) is 0 Å². The normalized spacial score (nSPS) is 17.6. The van der Waals surface area contributed by atoms with E-state index in [0.717, 1.165) is 24.2 Å². The molecule has 114 valence electrons. The molecule has 0 aliphatic carbocycles. The summed E-state index contributed by atoms with van der Waals surface area (Å²) in [5.41, 5.74) is 1.44. The minimum absolute atomic E-state index is 0.331. The second kappa shape index (κ2) is 10.5. The Morgan fingerprint density at radius 3 is 1.79 bits per heavy atom. The Labute approximate surface area is 121 Å². The molecular weight excluding hydrogens is 232 g/mol. The van der Waals surface area contributed by atoms with E-state index in [1.54, 1.807) is 0 Å². The zero-order chi connectivity index (χ0) is 14.8. The lowest BCUT2D eigenvalue weighted by atomic mass is 9.84. The average Bonchev–Trinajstić information content (AvgIpc) is 2.27. The molecule has 0 unspecified atom stereocenters. The molecule has 0 aliphatic rings. The van der Waals surface area contributed by atoms with Gasteiger partial charge in [-0.05, 0) is 69.6 Å². The topological polar surface area (TPSA) is 20.2 Å². The van der Waals surface area contributed by atoms with E-state index in [4.69, 9.17) is 5.11 Å². The predicted octanol–water partition coefficient (Wildman–Crippen LogP) is 5.44. The molecule has 0 aromatic rings. The van der Waals surface area contributed by atoms with Crippen LogP contribution >= 0.6 is 0 Å². The molecule has 19 heavy (non-hydrogen) atoms. The van der Waals surface area contributed by atoms with Crippen LogP contribution in [0.15, 0.2) is 11.6 Å². The molecule has 0 radical (unpaired) electrons. The second-order valence-electron chi connectivity index (χ2n) is 7.17. The predicted molar refractivity (Wildman–Crippen MR) is 86.3 cm³/mol. The number of rotatable bonds is 10. The number of allylic oxidation sites excluding steroid dienone is 2. The molecule has 1 heteroatoms. The molecule has 0 aromatic carbocycles. The van der Waals surface area contributed by atoms with Crippen molar-refractivity contribution in [2.24, 2.45) is 23.7 Å². The number of hydrogen-bond donors (Lipinski definition) is 1. The van der Waals surface area contributed by atoms with Crippen molar-refractivity contribution in [1.82, 2.24) is 0 Å². The van der Waals surface area contributed by atoms with Crippen molar-refractivity contribution < 1.29 is 5.11 Å². The van der Waals surface area contributed by atoms with Crippen LogP contribution in [0.5, 0.6) is 0 Å². The first kappa shape index (κ1) is 18.7. The molecule has 0 spiro atoms. The van der Waals surface area contributed by atoms with Crippen molar-refractivity contribution in [2.75, 3.05) is 6.61 Å². The maximum Gasteiger partial charge on any atom is 0.0456 e. The van der Waals surface area contributed by atoms with E-state index in [9.17, 15) is 0 Å². The maximum atomic E-state index is 9.10. The van der Waals surface area contributed by atoms with Gasteiger partial charge in [-0.1, -0.05) is 39.3 Å². The first-order valence-corrected chi connectivity index (χ1v) is 8.09. The lowest BCUT2D eigenvalue weighted by Gasteiger charge is -2.22. The molecule has 0 aromatic heterocycles. The van der Waals surface area contributed by atoms with Gasteiger partial charge in [-0.2, -0.15) is 0 Å². The van der Waals surface area contributed by atoms with Gasteiger partial charge in [-0.15, -0.1) is 0 Å². The minimum Gasteiger partial charge on any atom is -0.396 e. The van der Waals surface area contributed by atoms with Gasteiger partial charge in [-0.3, -0.25) is 0 Å². The first-order valence-electron chi connectivity index (χ1n) is 8.09. The summed E-state index contributed by atoms with van der Waals surface area (Å²) >= 11 is 0. The maximum absolute atomic E-state index is 9.10. The van der Waals surface area contributed by atoms with Crippen LogP contribution in [0.4, 0.5) is 0 Å². The Hall–Kier alpha value is -0.300. The molecule has 0 bridgehead atoms. The summed E-state index contributed by atoms with van der Waals surface area (Å²) in [4.78, 5) is 0. The van der Waals surface area contributed by atoms with Crippen LogP contribution in [-0.4, -0.2) is 11.7 Å². The third-order valence-electron chi connectivity index (χ3n) is 3.94. The lowest BCUT2D eigenvalue weighted by Crippen LogP contribution is -2.12. The van der Waals surface area contributed by atoms with Crippen molar-refractivity contribution in [3.05, 3.63) is 11.6 Å². The highest BCUT2D eigenvalue weighted by atomic mass is 16.3. The van der Waals surface area contributed by atoms with Gasteiger partial charge in [0.05, 0.1) is 0 Å². The molecule has 4 atom stereocenters. The van der Waals surface area contributed by atoms with Gasteiger partial charge in [0, 0.05) is 6.61 Å². The zero-order valence-corrected chi connectivity index (χ0v) is 14.1. The Morgan fingerprint density at radius 1 is 0.842 bits per heavy atom. The number of aliphatic hydroxyl groups is 1. The van der Waals surface area contributed by atoms with Crippen LogP contribution in [0.2, 0.25) is 0 Å². The van der Waals surface area contributed by atoms with Crippen molar-refractivity contribution in [2.45, 2.75) is 73.6 Å². The van der Waals surface area contributed by atoms with Crippen molar-refractivity contribution in [3.8, 4) is 0 Å². The second-order valence-corrected chi connectivity index (χ2v) is 7.17. The van der Waals surface area contributed by atoms with Crippen molar-refractivity contribution in [1.29, 1.82) is 0 Å². The first-order chi connectivity index (χ1) is 8.85. The fraction of sp³-hybridized carbons (Fsp3) is 0.889. The summed E-state index contributed by atoms with van der Waals surface area (Å²) in [5, 5.41) is 9.10. The van der Waals surface area contributed by atoms with Gasteiger partial charge in [0.15, 0.2) is 0 Å². The highest BCUT2D eigenvalue weighted by Gasteiger charge is 2.14. The van der Waals surface area contributed by atoms with E-state index in [2.05, 4.69) is 47.6 Å². The van der Waals surface area contributed by atoms with Crippen LogP contribution < -0.4 is 0 Å². The summed E-state index contributed by atoms with van der Waals surface area (Å²) in [6.45, 7) is 13.9. The van der Waals surface area contributed by atoms with Gasteiger partial charge < -0.3 is 5.11 Å². The largest absolute Gasteiger partial charge is 0.396 e. The van der Waals surface area contributed by atoms with Gasteiger partial charge in [-0.25, -0.2) is 0 Å². The van der Waals surface area contributed by atoms with E-state index in [-0.39, 0.29) is 0 Å². The summed E-state index contributed by atoms with van der Waals surface area (Å²) < 4.78 is 0.